The van der Waals surface area contributed by atoms with Crippen molar-refractivity contribution >= 4 is 50.5 Å². The zero-order valence-corrected chi connectivity index (χ0v) is 15.2. The summed E-state index contributed by atoms with van der Waals surface area (Å²) in [6, 6.07) is 11.0. The Morgan fingerprint density at radius 1 is 1.42 bits per heavy atom. The molecule has 0 bridgehead atoms. The number of aromatic nitrogens is 1. The van der Waals surface area contributed by atoms with Crippen molar-refractivity contribution < 1.29 is 19.4 Å². The molecular formula is C17H14ClN3O4S. The first-order valence-electron chi connectivity index (χ1n) is 7.43. The average Bonchev–Trinajstić information content (AvgIpc) is 3.03. The molecule has 0 atom stereocenters. The molecule has 3 aromatic rings. The molecule has 9 heteroatoms. The molecule has 1 aromatic heterocycles. The lowest BCUT2D eigenvalue weighted by Gasteiger charge is -2.11. The summed E-state index contributed by atoms with van der Waals surface area (Å²) in [6.07, 6.45) is 1.56. The Hall–Kier alpha value is -2.84. The number of fused-ring (bicyclic) bond motifs is 1. The molecule has 0 radical (unpaired) electrons. The van der Waals surface area contributed by atoms with Crippen LogP contribution in [0.2, 0.25) is 5.02 Å². The van der Waals surface area contributed by atoms with E-state index >= 15 is 0 Å². The van der Waals surface area contributed by atoms with Crippen molar-refractivity contribution in [2.45, 2.75) is 0 Å². The smallest absolute Gasteiger partial charge is 0.341 e. The Kier molecular flexibility index (Phi) is 5.55. The molecule has 0 fully saturated rings. The molecule has 1 heterocycles. The molecule has 0 amide bonds. The number of hydrogen-bond donors (Lipinski definition) is 2. The van der Waals surface area contributed by atoms with Gasteiger partial charge in [0.25, 0.3) is 0 Å². The van der Waals surface area contributed by atoms with Crippen molar-refractivity contribution in [2.75, 3.05) is 19.1 Å². The number of benzene rings is 2. The number of carboxylic acids is 1. The number of thiazole rings is 1. The monoisotopic (exact) mass is 391 g/mol. The zero-order valence-electron chi connectivity index (χ0n) is 13.6. The van der Waals surface area contributed by atoms with E-state index in [9.17, 15) is 4.79 Å². The van der Waals surface area contributed by atoms with Gasteiger partial charge in [0.05, 0.1) is 28.6 Å². The predicted octanol–water partition coefficient (Wildman–Crippen LogP) is 3.87. The second-order valence-electron chi connectivity index (χ2n) is 5.07. The summed E-state index contributed by atoms with van der Waals surface area (Å²) in [6.45, 7) is -0.511. The summed E-state index contributed by atoms with van der Waals surface area (Å²) >= 11 is 7.65. The maximum Gasteiger partial charge on any atom is 0.341 e. The van der Waals surface area contributed by atoms with Crippen LogP contribution < -0.4 is 14.9 Å². The maximum absolute atomic E-state index is 10.6. The molecule has 0 spiro atoms. The molecule has 0 saturated heterocycles. The summed E-state index contributed by atoms with van der Waals surface area (Å²) in [4.78, 5) is 15.1. The minimum atomic E-state index is -1.10. The van der Waals surface area contributed by atoms with Crippen LogP contribution in [0.3, 0.4) is 0 Å². The van der Waals surface area contributed by atoms with Crippen molar-refractivity contribution in [3.05, 3.63) is 47.0 Å². The van der Waals surface area contributed by atoms with Gasteiger partial charge in [-0.2, -0.15) is 5.10 Å². The van der Waals surface area contributed by atoms with Crippen molar-refractivity contribution in [1.29, 1.82) is 0 Å². The SMILES string of the molecule is COc1cc(/C=N\Nc2nc3ccccc3s2)cc(Cl)c1OCC(=O)O. The third-order valence-corrected chi connectivity index (χ3v) is 4.48. The van der Waals surface area contributed by atoms with Gasteiger partial charge in [-0.15, -0.1) is 0 Å². The fourth-order valence-electron chi connectivity index (χ4n) is 2.17. The van der Waals surface area contributed by atoms with E-state index in [1.54, 1.807) is 18.3 Å². The van der Waals surface area contributed by atoms with E-state index in [-0.39, 0.29) is 10.8 Å². The molecule has 0 aliphatic heterocycles. The number of hydrazone groups is 1. The van der Waals surface area contributed by atoms with Crippen LogP contribution in [0.5, 0.6) is 11.5 Å². The van der Waals surface area contributed by atoms with E-state index in [1.807, 2.05) is 24.3 Å². The quantitative estimate of drug-likeness (QED) is 0.469. The first-order chi connectivity index (χ1) is 12.6. The number of carbonyl (C=O) groups is 1. The van der Waals surface area contributed by atoms with Crippen LogP contribution in [-0.4, -0.2) is 36.0 Å². The summed E-state index contributed by atoms with van der Waals surface area (Å²) in [7, 11) is 1.44. The Balaban J connectivity index is 1.75. The topological polar surface area (TPSA) is 93.0 Å². The molecule has 134 valence electrons. The fourth-order valence-corrected chi connectivity index (χ4v) is 3.26. The number of anilines is 1. The van der Waals surface area contributed by atoms with Crippen LogP contribution in [0.4, 0.5) is 5.13 Å². The van der Waals surface area contributed by atoms with Gasteiger partial charge < -0.3 is 14.6 Å². The van der Waals surface area contributed by atoms with Crippen molar-refractivity contribution in [1.82, 2.24) is 4.98 Å². The summed E-state index contributed by atoms with van der Waals surface area (Å²) < 4.78 is 11.4. The second kappa shape index (κ2) is 8.03. The van der Waals surface area contributed by atoms with Crippen molar-refractivity contribution in [3.8, 4) is 11.5 Å². The minimum absolute atomic E-state index is 0.174. The number of rotatable bonds is 7. The standard InChI is InChI=1S/C17H14ClN3O4S/c1-24-13-7-10(6-11(18)16(13)25-9-15(22)23)8-19-21-17-20-12-4-2-3-5-14(12)26-17/h2-8H,9H2,1H3,(H,20,21)(H,22,23)/b19-8-. The molecule has 2 N–H and O–H groups in total. The van der Waals surface area contributed by atoms with Crippen molar-refractivity contribution in [2.24, 2.45) is 5.10 Å². The third-order valence-electron chi connectivity index (χ3n) is 3.26. The number of para-hydroxylation sites is 1. The first kappa shape index (κ1) is 18.0. The highest BCUT2D eigenvalue weighted by molar-refractivity contribution is 7.22. The van der Waals surface area contributed by atoms with E-state index in [1.165, 1.54) is 18.4 Å². The van der Waals surface area contributed by atoms with Gasteiger partial charge in [-0.25, -0.2) is 9.78 Å². The molecule has 7 nitrogen and oxygen atoms in total. The molecule has 26 heavy (non-hydrogen) atoms. The van der Waals surface area contributed by atoms with Gasteiger partial charge in [-0.3, -0.25) is 5.43 Å². The average molecular weight is 392 g/mol. The van der Waals surface area contributed by atoms with E-state index in [0.717, 1.165) is 10.2 Å². The van der Waals surface area contributed by atoms with E-state index in [0.29, 0.717) is 16.4 Å². The van der Waals surface area contributed by atoms with E-state index in [2.05, 4.69) is 15.5 Å². The minimum Gasteiger partial charge on any atom is -0.493 e. The van der Waals surface area contributed by atoms with Gasteiger partial charge in [0.1, 0.15) is 0 Å². The number of hydrogen-bond acceptors (Lipinski definition) is 7. The van der Waals surface area contributed by atoms with Crippen LogP contribution in [0.25, 0.3) is 10.2 Å². The van der Waals surface area contributed by atoms with E-state index in [4.69, 9.17) is 26.2 Å². The number of carboxylic acid groups (broad SMARTS) is 1. The fraction of sp³-hybridized carbons (Fsp3) is 0.118. The number of nitrogens with one attached hydrogen (secondary N) is 1. The lowest BCUT2D eigenvalue weighted by molar-refractivity contribution is -0.139. The molecule has 3 rings (SSSR count). The van der Waals surface area contributed by atoms with Crippen LogP contribution in [-0.2, 0) is 4.79 Å². The lowest BCUT2D eigenvalue weighted by Crippen LogP contribution is -2.10. The normalized spacial score (nSPS) is 11.0. The third kappa shape index (κ3) is 4.22. The Labute approximate surface area is 157 Å². The number of methoxy groups -OCH3 is 1. The highest BCUT2D eigenvalue weighted by Crippen LogP contribution is 2.36. The van der Waals surface area contributed by atoms with Crippen LogP contribution >= 0.6 is 22.9 Å². The van der Waals surface area contributed by atoms with Gasteiger partial charge in [0, 0.05) is 0 Å². The highest BCUT2D eigenvalue weighted by atomic mass is 35.5. The van der Waals surface area contributed by atoms with Gasteiger partial charge in [-0.1, -0.05) is 35.1 Å². The summed E-state index contributed by atoms with van der Waals surface area (Å²) in [5.41, 5.74) is 4.44. The van der Waals surface area contributed by atoms with E-state index < -0.39 is 12.6 Å². The Morgan fingerprint density at radius 3 is 2.96 bits per heavy atom. The molecule has 2 aromatic carbocycles. The predicted molar refractivity (Wildman–Crippen MR) is 102 cm³/mol. The zero-order chi connectivity index (χ0) is 18.5. The Bertz CT molecular complexity index is 941. The van der Waals surface area contributed by atoms with Gasteiger partial charge in [0.15, 0.2) is 18.1 Å². The van der Waals surface area contributed by atoms with Gasteiger partial charge >= 0.3 is 5.97 Å². The molecular weight excluding hydrogens is 378 g/mol. The number of nitrogens with zero attached hydrogens (tertiary/aromatic N) is 2. The van der Waals surface area contributed by atoms with Gasteiger partial charge in [0.2, 0.25) is 5.13 Å². The molecule has 0 aliphatic rings. The largest absolute Gasteiger partial charge is 0.493 e. The summed E-state index contributed by atoms with van der Waals surface area (Å²) in [5, 5.41) is 13.8. The van der Waals surface area contributed by atoms with Crippen molar-refractivity contribution in [3.63, 3.8) is 0 Å². The van der Waals surface area contributed by atoms with Crippen LogP contribution in [0.15, 0.2) is 41.5 Å². The highest BCUT2D eigenvalue weighted by Gasteiger charge is 2.13. The summed E-state index contributed by atoms with van der Waals surface area (Å²) in [5.74, 6) is -0.609. The van der Waals surface area contributed by atoms with Crippen LogP contribution in [0, 0.1) is 0 Å². The molecule has 0 saturated carbocycles. The second-order valence-corrected chi connectivity index (χ2v) is 6.51. The molecule has 0 unspecified atom stereocenters. The Morgan fingerprint density at radius 2 is 2.23 bits per heavy atom. The number of aliphatic carboxylic acids is 1. The molecule has 0 aliphatic carbocycles. The first-order valence-corrected chi connectivity index (χ1v) is 8.63. The number of halogens is 1. The lowest BCUT2D eigenvalue weighted by atomic mass is 10.2. The van der Waals surface area contributed by atoms with Crippen LogP contribution in [0.1, 0.15) is 5.56 Å². The maximum atomic E-state index is 10.6. The number of ether oxygens (including phenoxy) is 2. The van der Waals surface area contributed by atoms with Gasteiger partial charge in [-0.05, 0) is 29.8 Å².